The summed E-state index contributed by atoms with van der Waals surface area (Å²) in [6, 6.07) is 0.186. The van der Waals surface area contributed by atoms with Gasteiger partial charge < -0.3 is 10.1 Å². The SMILES string of the molecule is CCCCOC(=O)NC1CC#CCC1. The molecule has 3 heteroatoms. The molecule has 1 unspecified atom stereocenters. The van der Waals surface area contributed by atoms with E-state index < -0.39 is 0 Å². The smallest absolute Gasteiger partial charge is 0.407 e. The van der Waals surface area contributed by atoms with Gasteiger partial charge in [-0.25, -0.2) is 4.79 Å². The Morgan fingerprint density at radius 1 is 1.57 bits per heavy atom. The monoisotopic (exact) mass is 195 g/mol. The van der Waals surface area contributed by atoms with Crippen LogP contribution in [0.1, 0.15) is 39.0 Å². The van der Waals surface area contributed by atoms with Gasteiger partial charge in [-0.2, -0.15) is 0 Å². The molecule has 0 fully saturated rings. The molecular formula is C11H17NO2. The van der Waals surface area contributed by atoms with E-state index in [0.717, 1.165) is 32.1 Å². The minimum absolute atomic E-state index is 0.186. The van der Waals surface area contributed by atoms with Crippen LogP contribution >= 0.6 is 0 Å². The molecule has 1 atom stereocenters. The average Bonchev–Trinajstić information content (AvgIpc) is 2.20. The molecule has 0 saturated carbocycles. The first-order valence-electron chi connectivity index (χ1n) is 5.22. The van der Waals surface area contributed by atoms with Crippen LogP contribution in [0, 0.1) is 11.8 Å². The highest BCUT2D eigenvalue weighted by Gasteiger charge is 2.12. The molecule has 0 saturated heterocycles. The lowest BCUT2D eigenvalue weighted by molar-refractivity contribution is 0.140. The van der Waals surface area contributed by atoms with Crippen molar-refractivity contribution < 1.29 is 9.53 Å². The molecular weight excluding hydrogens is 178 g/mol. The Morgan fingerprint density at radius 3 is 3.07 bits per heavy atom. The Morgan fingerprint density at radius 2 is 2.43 bits per heavy atom. The van der Waals surface area contributed by atoms with Crippen LogP contribution in [-0.4, -0.2) is 18.7 Å². The van der Waals surface area contributed by atoms with E-state index in [2.05, 4.69) is 24.1 Å². The molecule has 0 radical (unpaired) electrons. The number of alkyl carbamates (subject to hydrolysis) is 1. The van der Waals surface area contributed by atoms with Gasteiger partial charge >= 0.3 is 6.09 Å². The number of amides is 1. The molecule has 0 heterocycles. The van der Waals surface area contributed by atoms with Crippen molar-refractivity contribution in [2.75, 3.05) is 6.61 Å². The normalized spacial score (nSPS) is 19.4. The van der Waals surface area contributed by atoms with Crippen molar-refractivity contribution in [1.82, 2.24) is 5.32 Å². The third kappa shape index (κ3) is 4.18. The summed E-state index contributed by atoms with van der Waals surface area (Å²) in [4.78, 5) is 11.2. The summed E-state index contributed by atoms with van der Waals surface area (Å²) in [5.41, 5.74) is 0. The third-order valence-corrected chi connectivity index (χ3v) is 2.14. The second-order valence-electron chi connectivity index (χ2n) is 3.43. The highest BCUT2D eigenvalue weighted by Crippen LogP contribution is 2.05. The van der Waals surface area contributed by atoms with E-state index in [4.69, 9.17) is 4.74 Å². The zero-order chi connectivity index (χ0) is 10.2. The molecule has 0 bridgehead atoms. The van der Waals surface area contributed by atoms with E-state index in [1.807, 2.05) is 0 Å². The summed E-state index contributed by atoms with van der Waals surface area (Å²) in [6.07, 6.45) is 4.24. The van der Waals surface area contributed by atoms with E-state index in [9.17, 15) is 4.79 Å². The van der Waals surface area contributed by atoms with Crippen molar-refractivity contribution in [2.24, 2.45) is 0 Å². The first-order chi connectivity index (χ1) is 6.83. The molecule has 0 aromatic carbocycles. The predicted octanol–water partition coefficient (Wildman–Crippen LogP) is 2.07. The van der Waals surface area contributed by atoms with Crippen molar-refractivity contribution in [3.63, 3.8) is 0 Å². The maximum absolute atomic E-state index is 11.2. The first kappa shape index (κ1) is 10.9. The van der Waals surface area contributed by atoms with Gasteiger partial charge in [0.25, 0.3) is 0 Å². The largest absolute Gasteiger partial charge is 0.450 e. The van der Waals surface area contributed by atoms with Crippen LogP contribution in [0.15, 0.2) is 0 Å². The molecule has 1 aliphatic rings. The number of ether oxygens (including phenoxy) is 1. The van der Waals surface area contributed by atoms with Gasteiger partial charge in [0.15, 0.2) is 0 Å². The minimum Gasteiger partial charge on any atom is -0.450 e. The van der Waals surface area contributed by atoms with Crippen molar-refractivity contribution in [3.8, 4) is 11.8 Å². The van der Waals surface area contributed by atoms with Crippen LogP contribution in [0.2, 0.25) is 0 Å². The maximum atomic E-state index is 11.2. The Balaban J connectivity index is 2.11. The highest BCUT2D eigenvalue weighted by molar-refractivity contribution is 5.67. The van der Waals surface area contributed by atoms with Gasteiger partial charge in [-0.3, -0.25) is 0 Å². The van der Waals surface area contributed by atoms with Crippen molar-refractivity contribution in [2.45, 2.75) is 45.1 Å². The molecule has 78 valence electrons. The van der Waals surface area contributed by atoms with E-state index in [1.165, 1.54) is 0 Å². The quantitative estimate of drug-likeness (QED) is 0.551. The van der Waals surface area contributed by atoms with Crippen molar-refractivity contribution in [3.05, 3.63) is 0 Å². The van der Waals surface area contributed by atoms with Crippen molar-refractivity contribution in [1.29, 1.82) is 0 Å². The van der Waals surface area contributed by atoms with Gasteiger partial charge in [0.2, 0.25) is 0 Å². The second-order valence-corrected chi connectivity index (χ2v) is 3.43. The Hall–Kier alpha value is -1.17. The number of hydrogen-bond donors (Lipinski definition) is 1. The topological polar surface area (TPSA) is 38.3 Å². The lowest BCUT2D eigenvalue weighted by Crippen LogP contribution is -2.35. The molecule has 3 nitrogen and oxygen atoms in total. The van der Waals surface area contributed by atoms with Gasteiger partial charge in [0.05, 0.1) is 6.61 Å². The summed E-state index contributed by atoms with van der Waals surface area (Å²) < 4.78 is 4.99. The summed E-state index contributed by atoms with van der Waals surface area (Å²) in [5.74, 6) is 5.99. The molecule has 14 heavy (non-hydrogen) atoms. The zero-order valence-corrected chi connectivity index (χ0v) is 8.64. The van der Waals surface area contributed by atoms with E-state index in [1.54, 1.807) is 0 Å². The van der Waals surface area contributed by atoms with E-state index in [-0.39, 0.29) is 12.1 Å². The summed E-state index contributed by atoms with van der Waals surface area (Å²) in [7, 11) is 0. The Labute approximate surface area is 85.2 Å². The number of unbranched alkanes of at least 4 members (excludes halogenated alkanes) is 1. The number of carbonyl (C=O) groups is 1. The third-order valence-electron chi connectivity index (χ3n) is 2.14. The Kier molecular flexibility index (Phi) is 4.92. The van der Waals surface area contributed by atoms with Gasteiger partial charge in [0.1, 0.15) is 0 Å². The standard InChI is InChI=1S/C11H17NO2/c1-2-3-9-14-11(13)12-10-7-5-4-6-8-10/h10H,2-3,5,7-9H2,1H3,(H,12,13). The molecule has 1 amide bonds. The molecule has 0 spiro atoms. The fraction of sp³-hybridized carbons (Fsp3) is 0.727. The number of hydrogen-bond acceptors (Lipinski definition) is 2. The number of carbonyl (C=O) groups excluding carboxylic acids is 1. The fourth-order valence-electron chi connectivity index (χ4n) is 1.27. The van der Waals surface area contributed by atoms with Crippen LogP contribution in [0.4, 0.5) is 4.79 Å². The highest BCUT2D eigenvalue weighted by atomic mass is 16.5. The number of rotatable bonds is 4. The fourth-order valence-corrected chi connectivity index (χ4v) is 1.27. The summed E-state index contributed by atoms with van der Waals surface area (Å²) in [6.45, 7) is 2.58. The van der Waals surface area contributed by atoms with Gasteiger partial charge in [-0.1, -0.05) is 13.3 Å². The molecule has 1 N–H and O–H groups in total. The molecule has 1 rings (SSSR count). The molecule has 0 aromatic heterocycles. The minimum atomic E-state index is -0.299. The zero-order valence-electron chi connectivity index (χ0n) is 8.64. The van der Waals surface area contributed by atoms with Crippen LogP contribution in [0.25, 0.3) is 0 Å². The van der Waals surface area contributed by atoms with Crippen LogP contribution in [-0.2, 0) is 4.74 Å². The van der Waals surface area contributed by atoms with E-state index >= 15 is 0 Å². The van der Waals surface area contributed by atoms with Gasteiger partial charge in [0, 0.05) is 18.9 Å². The summed E-state index contributed by atoms with van der Waals surface area (Å²) in [5, 5.41) is 2.81. The molecule has 0 aromatic rings. The Bertz CT molecular complexity index is 239. The lowest BCUT2D eigenvalue weighted by Gasteiger charge is -2.16. The van der Waals surface area contributed by atoms with Gasteiger partial charge in [-0.15, -0.1) is 11.8 Å². The maximum Gasteiger partial charge on any atom is 0.407 e. The van der Waals surface area contributed by atoms with Crippen LogP contribution in [0.5, 0.6) is 0 Å². The average molecular weight is 195 g/mol. The van der Waals surface area contributed by atoms with Crippen LogP contribution in [0.3, 0.4) is 0 Å². The first-order valence-corrected chi connectivity index (χ1v) is 5.22. The van der Waals surface area contributed by atoms with Crippen molar-refractivity contribution >= 4 is 6.09 Å². The lowest BCUT2D eigenvalue weighted by atomic mass is 10.0. The molecule has 0 aliphatic heterocycles. The van der Waals surface area contributed by atoms with E-state index in [0.29, 0.717) is 6.61 Å². The number of nitrogens with one attached hydrogen (secondary N) is 1. The second kappa shape index (κ2) is 6.31. The predicted molar refractivity (Wildman–Crippen MR) is 54.8 cm³/mol. The molecule has 1 aliphatic carbocycles. The van der Waals surface area contributed by atoms with Gasteiger partial charge in [-0.05, 0) is 12.8 Å². The summed E-state index contributed by atoms with van der Waals surface area (Å²) >= 11 is 0. The van der Waals surface area contributed by atoms with Crippen LogP contribution < -0.4 is 5.32 Å².